The van der Waals surface area contributed by atoms with Gasteiger partial charge in [-0.05, 0) is 42.2 Å². The molecule has 2 atom stereocenters. The van der Waals surface area contributed by atoms with Gasteiger partial charge < -0.3 is 19.2 Å². The van der Waals surface area contributed by atoms with Crippen molar-refractivity contribution in [1.82, 2.24) is 19.7 Å². The van der Waals surface area contributed by atoms with E-state index in [1.54, 1.807) is 27.7 Å². The van der Waals surface area contributed by atoms with Crippen molar-refractivity contribution in [2.75, 3.05) is 18.4 Å². The van der Waals surface area contributed by atoms with Crippen molar-refractivity contribution in [3.63, 3.8) is 0 Å². The van der Waals surface area contributed by atoms with Crippen molar-refractivity contribution in [1.29, 1.82) is 0 Å². The smallest absolute Gasteiger partial charge is 0.293 e. The average molecular weight is 395 g/mol. The molecule has 2 aliphatic rings. The second kappa shape index (κ2) is 6.84. The van der Waals surface area contributed by atoms with E-state index in [-0.39, 0.29) is 23.6 Å². The molecule has 0 radical (unpaired) electrons. The van der Waals surface area contributed by atoms with Gasteiger partial charge in [0.25, 0.3) is 11.8 Å². The average Bonchev–Trinajstić information content (AvgIpc) is 3.44. The number of hydrogen-bond donors (Lipinski definition) is 1. The van der Waals surface area contributed by atoms with E-state index in [1.807, 2.05) is 0 Å². The molecular weight excluding hydrogens is 377 g/mol. The quantitative estimate of drug-likeness (QED) is 0.734. The summed E-state index contributed by atoms with van der Waals surface area (Å²) in [6.07, 6.45) is 2.13. The third-order valence-electron chi connectivity index (χ3n) is 5.57. The number of amides is 2. The van der Waals surface area contributed by atoms with Gasteiger partial charge in [-0.1, -0.05) is 6.07 Å². The van der Waals surface area contributed by atoms with E-state index in [0.717, 1.165) is 5.82 Å². The molecule has 3 aromatic rings. The van der Waals surface area contributed by atoms with Crippen LogP contribution in [-0.2, 0) is 13.0 Å². The molecule has 1 aromatic carbocycles. The lowest BCUT2D eigenvalue weighted by atomic mass is 9.89. The third kappa shape index (κ3) is 3.18. The number of hydrogen-bond acceptors (Lipinski definition) is 5. The van der Waals surface area contributed by atoms with Crippen molar-refractivity contribution in [3.8, 4) is 0 Å². The van der Waals surface area contributed by atoms with Crippen LogP contribution in [0.5, 0.6) is 0 Å². The van der Waals surface area contributed by atoms with Gasteiger partial charge in [0.05, 0.1) is 6.26 Å². The fourth-order valence-corrected chi connectivity index (χ4v) is 4.17. The molecule has 1 N–H and O–H groups in total. The molecule has 0 spiro atoms. The van der Waals surface area contributed by atoms with Crippen LogP contribution in [0.1, 0.15) is 27.0 Å². The number of nitrogens with zero attached hydrogens (tertiary/aromatic N) is 4. The zero-order chi connectivity index (χ0) is 20.0. The number of likely N-dealkylation sites (tertiary alicyclic amines) is 1. The number of halogens is 1. The predicted molar refractivity (Wildman–Crippen MR) is 99.7 cm³/mol. The summed E-state index contributed by atoms with van der Waals surface area (Å²) >= 11 is 0. The molecule has 5 rings (SSSR count). The number of fused-ring (bicyclic) bond motifs is 2. The third-order valence-corrected chi connectivity index (χ3v) is 5.57. The molecular formula is C20H18FN5O3. The highest BCUT2D eigenvalue weighted by Crippen LogP contribution is 2.33. The molecule has 0 bridgehead atoms. The minimum Gasteiger partial charge on any atom is -0.459 e. The van der Waals surface area contributed by atoms with Crippen molar-refractivity contribution in [2.45, 2.75) is 13.0 Å². The second-order valence-corrected chi connectivity index (χ2v) is 7.43. The Morgan fingerprint density at radius 3 is 2.76 bits per heavy atom. The van der Waals surface area contributed by atoms with E-state index in [4.69, 9.17) is 4.42 Å². The topological polar surface area (TPSA) is 93.3 Å². The van der Waals surface area contributed by atoms with Gasteiger partial charge in [0.15, 0.2) is 5.76 Å². The number of benzene rings is 1. The maximum Gasteiger partial charge on any atom is 0.293 e. The number of aromatic nitrogens is 3. The van der Waals surface area contributed by atoms with E-state index in [1.165, 1.54) is 24.5 Å². The fourth-order valence-electron chi connectivity index (χ4n) is 4.17. The summed E-state index contributed by atoms with van der Waals surface area (Å²) in [5.41, 5.74) is 0.358. The maximum atomic E-state index is 13.4. The monoisotopic (exact) mass is 395 g/mol. The van der Waals surface area contributed by atoms with Crippen LogP contribution < -0.4 is 5.32 Å². The molecule has 148 valence electrons. The van der Waals surface area contributed by atoms with Gasteiger partial charge in [0, 0.05) is 31.7 Å². The molecule has 4 heterocycles. The van der Waals surface area contributed by atoms with E-state index in [0.29, 0.717) is 37.5 Å². The van der Waals surface area contributed by atoms with Crippen LogP contribution >= 0.6 is 0 Å². The minimum atomic E-state index is -0.436. The first-order chi connectivity index (χ1) is 14.1. The van der Waals surface area contributed by atoms with Crippen molar-refractivity contribution >= 4 is 17.5 Å². The Balaban J connectivity index is 1.32. The minimum absolute atomic E-state index is 0.121. The Hall–Kier alpha value is -3.49. The molecule has 0 saturated carbocycles. The number of anilines is 1. The van der Waals surface area contributed by atoms with Crippen molar-refractivity contribution in [2.24, 2.45) is 11.8 Å². The van der Waals surface area contributed by atoms with Gasteiger partial charge in [0.1, 0.15) is 11.6 Å². The highest BCUT2D eigenvalue weighted by molar-refractivity contribution is 6.01. The van der Waals surface area contributed by atoms with Crippen LogP contribution in [0.25, 0.3) is 0 Å². The summed E-state index contributed by atoms with van der Waals surface area (Å²) in [4.78, 5) is 27.0. The van der Waals surface area contributed by atoms with Gasteiger partial charge in [0.2, 0.25) is 5.82 Å². The van der Waals surface area contributed by atoms with Crippen LogP contribution in [0, 0.1) is 17.7 Å². The molecule has 0 aliphatic carbocycles. The molecule has 2 aliphatic heterocycles. The molecule has 8 nitrogen and oxygen atoms in total. The summed E-state index contributed by atoms with van der Waals surface area (Å²) in [7, 11) is 0. The van der Waals surface area contributed by atoms with Crippen molar-refractivity contribution in [3.05, 3.63) is 65.9 Å². The molecule has 2 aromatic heterocycles. The molecule has 29 heavy (non-hydrogen) atoms. The number of carbonyl (C=O) groups excluding carboxylic acids is 2. The van der Waals surface area contributed by atoms with E-state index in [9.17, 15) is 14.0 Å². The lowest BCUT2D eigenvalue weighted by Crippen LogP contribution is -2.31. The maximum absolute atomic E-state index is 13.4. The predicted octanol–water partition coefficient (Wildman–Crippen LogP) is 2.21. The van der Waals surface area contributed by atoms with Crippen LogP contribution in [0.4, 0.5) is 10.1 Å². The van der Waals surface area contributed by atoms with E-state index in [2.05, 4.69) is 15.5 Å². The van der Waals surface area contributed by atoms with Gasteiger partial charge in [-0.3, -0.25) is 9.59 Å². The lowest BCUT2D eigenvalue weighted by molar-refractivity contribution is 0.0751. The van der Waals surface area contributed by atoms with Crippen LogP contribution in [-0.4, -0.2) is 44.6 Å². The summed E-state index contributed by atoms with van der Waals surface area (Å²) in [6, 6.07) is 9.05. The molecule has 1 saturated heterocycles. The van der Waals surface area contributed by atoms with E-state index < -0.39 is 11.7 Å². The molecule has 9 heteroatoms. The lowest BCUT2D eigenvalue weighted by Gasteiger charge is -2.25. The normalized spacial score (nSPS) is 20.2. The number of rotatable bonds is 3. The van der Waals surface area contributed by atoms with Gasteiger partial charge in [-0.2, -0.15) is 0 Å². The Kier molecular flexibility index (Phi) is 4.15. The van der Waals surface area contributed by atoms with E-state index >= 15 is 0 Å². The van der Waals surface area contributed by atoms with Crippen molar-refractivity contribution < 1.29 is 18.4 Å². The molecule has 1 fully saturated rings. The van der Waals surface area contributed by atoms with Crippen LogP contribution in [0.2, 0.25) is 0 Å². The van der Waals surface area contributed by atoms with Gasteiger partial charge >= 0.3 is 0 Å². The summed E-state index contributed by atoms with van der Waals surface area (Å²) in [5, 5.41) is 10.9. The standard InChI is InChI=1S/C20H18FN5O3/c21-14-3-1-4-15(8-14)22-19(27)18-24-23-17-7-12-9-25(10-13(12)11-26(17)18)20(28)16-5-2-6-29-16/h1-6,8,12-13H,7,9-11H2,(H,22,27)/t12-,13-/m0/s1. The van der Waals surface area contributed by atoms with Crippen LogP contribution in [0.15, 0.2) is 47.1 Å². The molecule has 2 amide bonds. The zero-order valence-corrected chi connectivity index (χ0v) is 15.4. The largest absolute Gasteiger partial charge is 0.459 e. The van der Waals surface area contributed by atoms with Gasteiger partial charge in [-0.15, -0.1) is 10.2 Å². The second-order valence-electron chi connectivity index (χ2n) is 7.43. The fraction of sp³-hybridized carbons (Fsp3) is 0.300. The Morgan fingerprint density at radius 1 is 1.10 bits per heavy atom. The van der Waals surface area contributed by atoms with Crippen LogP contribution in [0.3, 0.4) is 0 Å². The SMILES string of the molecule is O=C(Nc1cccc(F)c1)c1nnc2n1C[C@@H]1CN(C(=O)c3ccco3)C[C@@H]1C2. The summed E-state index contributed by atoms with van der Waals surface area (Å²) in [5.74, 6) is 0.738. The first-order valence-corrected chi connectivity index (χ1v) is 9.40. The Bertz CT molecular complexity index is 1080. The Morgan fingerprint density at radius 2 is 1.97 bits per heavy atom. The first kappa shape index (κ1) is 17.6. The molecule has 0 unspecified atom stereocenters. The number of nitrogens with one attached hydrogen (secondary N) is 1. The zero-order valence-electron chi connectivity index (χ0n) is 15.4. The highest BCUT2D eigenvalue weighted by Gasteiger charge is 2.41. The first-order valence-electron chi connectivity index (χ1n) is 9.40. The number of carbonyl (C=O) groups is 2. The summed E-state index contributed by atoms with van der Waals surface area (Å²) < 4.78 is 20.4. The van der Waals surface area contributed by atoms with Gasteiger partial charge in [-0.25, -0.2) is 4.39 Å². The highest BCUT2D eigenvalue weighted by atomic mass is 19.1. The summed E-state index contributed by atoms with van der Waals surface area (Å²) in [6.45, 7) is 1.77. The number of furan rings is 1. The Labute approximate surface area is 165 Å².